The Hall–Kier alpha value is -1.26. The zero-order valence-electron chi connectivity index (χ0n) is 14.9. The molecule has 2 aliphatic heterocycles. The minimum absolute atomic E-state index is 0.329. The summed E-state index contributed by atoms with van der Waals surface area (Å²) in [5.41, 5.74) is 2.56. The number of hydrogen-bond acceptors (Lipinski definition) is 4. The Balaban J connectivity index is 1.59. The molecule has 134 valence electrons. The lowest BCUT2D eigenvalue weighted by molar-refractivity contribution is 0.0629. The first-order chi connectivity index (χ1) is 11.8. The molecule has 0 unspecified atom stereocenters. The van der Waals surface area contributed by atoms with Gasteiger partial charge in [0.15, 0.2) is 0 Å². The van der Waals surface area contributed by atoms with E-state index >= 15 is 0 Å². The number of anilines is 2. The van der Waals surface area contributed by atoms with Crippen molar-refractivity contribution in [1.82, 2.24) is 0 Å². The Morgan fingerprint density at radius 2 is 1.83 bits per heavy atom. The molecule has 3 rings (SSSR count). The molecule has 0 aliphatic carbocycles. The van der Waals surface area contributed by atoms with Crippen LogP contribution in [0.2, 0.25) is 0 Å². The highest BCUT2D eigenvalue weighted by Gasteiger charge is 2.21. The molecule has 0 spiro atoms. The standard InChI is InChI=1S/C20H32N2O2/c1-16(14-17-8-12-24-13-9-17)21-19-4-2-3-5-20(19)22-10-6-18(15-23)7-11-22/h2-5,16-18,21,23H,6-15H2,1H3/t16-/m1/s1. The summed E-state index contributed by atoms with van der Waals surface area (Å²) in [6, 6.07) is 9.15. The summed E-state index contributed by atoms with van der Waals surface area (Å²) >= 11 is 0. The first-order valence-corrected chi connectivity index (χ1v) is 9.55. The van der Waals surface area contributed by atoms with Crippen molar-refractivity contribution in [2.24, 2.45) is 11.8 Å². The van der Waals surface area contributed by atoms with Gasteiger partial charge < -0.3 is 20.1 Å². The van der Waals surface area contributed by atoms with E-state index in [0.717, 1.165) is 45.1 Å². The quantitative estimate of drug-likeness (QED) is 0.837. The lowest BCUT2D eigenvalue weighted by Gasteiger charge is -2.35. The summed E-state index contributed by atoms with van der Waals surface area (Å²) in [7, 11) is 0. The van der Waals surface area contributed by atoms with Gasteiger partial charge in [0.2, 0.25) is 0 Å². The number of para-hydroxylation sites is 2. The van der Waals surface area contributed by atoms with E-state index in [1.54, 1.807) is 0 Å². The number of benzene rings is 1. The summed E-state index contributed by atoms with van der Waals surface area (Å²) in [6.07, 6.45) is 5.78. The Morgan fingerprint density at radius 1 is 1.12 bits per heavy atom. The molecule has 0 radical (unpaired) electrons. The minimum Gasteiger partial charge on any atom is -0.396 e. The summed E-state index contributed by atoms with van der Waals surface area (Å²) < 4.78 is 5.47. The molecule has 0 saturated carbocycles. The molecule has 4 nitrogen and oxygen atoms in total. The zero-order chi connectivity index (χ0) is 16.8. The van der Waals surface area contributed by atoms with Crippen LogP contribution in [-0.2, 0) is 4.74 Å². The molecular formula is C20H32N2O2. The average molecular weight is 332 g/mol. The molecule has 2 N–H and O–H groups in total. The number of nitrogens with one attached hydrogen (secondary N) is 1. The topological polar surface area (TPSA) is 44.7 Å². The van der Waals surface area contributed by atoms with E-state index in [9.17, 15) is 5.11 Å². The van der Waals surface area contributed by atoms with Gasteiger partial charge in [-0.2, -0.15) is 0 Å². The maximum absolute atomic E-state index is 9.34. The number of aliphatic hydroxyl groups excluding tert-OH is 1. The molecule has 0 aromatic heterocycles. The second kappa shape index (κ2) is 8.72. The summed E-state index contributed by atoms with van der Waals surface area (Å²) in [6.45, 7) is 6.55. The van der Waals surface area contributed by atoms with Crippen LogP contribution < -0.4 is 10.2 Å². The second-order valence-corrected chi connectivity index (χ2v) is 7.47. The molecule has 24 heavy (non-hydrogen) atoms. The normalized spacial score (nSPS) is 21.7. The van der Waals surface area contributed by atoms with Crippen molar-refractivity contribution in [3.05, 3.63) is 24.3 Å². The van der Waals surface area contributed by atoms with Crippen molar-refractivity contribution in [2.45, 2.75) is 45.1 Å². The molecule has 1 aromatic rings. The van der Waals surface area contributed by atoms with E-state index < -0.39 is 0 Å². The van der Waals surface area contributed by atoms with Crippen molar-refractivity contribution in [3.8, 4) is 0 Å². The van der Waals surface area contributed by atoms with Crippen LogP contribution in [0.15, 0.2) is 24.3 Å². The van der Waals surface area contributed by atoms with E-state index in [4.69, 9.17) is 4.74 Å². The van der Waals surface area contributed by atoms with Crippen LogP contribution in [0.3, 0.4) is 0 Å². The molecule has 0 amide bonds. The molecular weight excluding hydrogens is 300 g/mol. The van der Waals surface area contributed by atoms with Crippen molar-refractivity contribution < 1.29 is 9.84 Å². The highest BCUT2D eigenvalue weighted by atomic mass is 16.5. The van der Waals surface area contributed by atoms with Crippen LogP contribution in [-0.4, -0.2) is 44.1 Å². The van der Waals surface area contributed by atoms with Gasteiger partial charge in [0, 0.05) is 39.0 Å². The van der Waals surface area contributed by atoms with Gasteiger partial charge in [0.25, 0.3) is 0 Å². The SMILES string of the molecule is C[C@H](CC1CCOCC1)Nc1ccccc1N1CCC(CO)CC1. The predicted molar refractivity (Wildman–Crippen MR) is 99.7 cm³/mol. The van der Waals surface area contributed by atoms with E-state index in [2.05, 4.69) is 41.4 Å². The van der Waals surface area contributed by atoms with Crippen LogP contribution in [0.5, 0.6) is 0 Å². The van der Waals surface area contributed by atoms with Gasteiger partial charge in [-0.3, -0.25) is 0 Å². The molecule has 2 aliphatic rings. The van der Waals surface area contributed by atoms with Gasteiger partial charge in [-0.05, 0) is 63.0 Å². The van der Waals surface area contributed by atoms with Gasteiger partial charge in [-0.25, -0.2) is 0 Å². The zero-order valence-corrected chi connectivity index (χ0v) is 14.9. The number of rotatable bonds is 6. The minimum atomic E-state index is 0.329. The van der Waals surface area contributed by atoms with Crippen molar-refractivity contribution in [2.75, 3.05) is 43.1 Å². The van der Waals surface area contributed by atoms with Gasteiger partial charge in [0.1, 0.15) is 0 Å². The Labute approximate surface area is 146 Å². The smallest absolute Gasteiger partial charge is 0.0602 e. The fraction of sp³-hybridized carbons (Fsp3) is 0.700. The first-order valence-electron chi connectivity index (χ1n) is 9.55. The third-order valence-corrected chi connectivity index (χ3v) is 5.55. The maximum Gasteiger partial charge on any atom is 0.0602 e. The van der Waals surface area contributed by atoms with Crippen LogP contribution in [0.25, 0.3) is 0 Å². The van der Waals surface area contributed by atoms with Gasteiger partial charge in [0.05, 0.1) is 11.4 Å². The number of aliphatic hydroxyl groups is 1. The van der Waals surface area contributed by atoms with E-state index in [-0.39, 0.29) is 0 Å². The van der Waals surface area contributed by atoms with Gasteiger partial charge in [-0.1, -0.05) is 12.1 Å². The molecule has 4 heteroatoms. The highest BCUT2D eigenvalue weighted by molar-refractivity contribution is 5.70. The Bertz CT molecular complexity index is 494. The van der Waals surface area contributed by atoms with Crippen LogP contribution in [0.4, 0.5) is 11.4 Å². The highest BCUT2D eigenvalue weighted by Crippen LogP contribution is 2.31. The van der Waals surface area contributed by atoms with Crippen molar-refractivity contribution >= 4 is 11.4 Å². The Morgan fingerprint density at radius 3 is 2.54 bits per heavy atom. The summed E-state index contributed by atoms with van der Waals surface area (Å²) in [4.78, 5) is 2.47. The van der Waals surface area contributed by atoms with Crippen LogP contribution in [0, 0.1) is 11.8 Å². The average Bonchev–Trinajstić information content (AvgIpc) is 2.63. The maximum atomic E-state index is 9.34. The summed E-state index contributed by atoms with van der Waals surface area (Å²) in [5.74, 6) is 1.27. The van der Waals surface area contributed by atoms with E-state index in [1.165, 1.54) is 30.6 Å². The summed E-state index contributed by atoms with van der Waals surface area (Å²) in [5, 5.41) is 13.1. The van der Waals surface area contributed by atoms with Crippen LogP contribution in [0.1, 0.15) is 39.0 Å². The third kappa shape index (κ3) is 4.64. The second-order valence-electron chi connectivity index (χ2n) is 7.47. The van der Waals surface area contributed by atoms with E-state index in [1.807, 2.05) is 0 Å². The number of ether oxygens (including phenoxy) is 1. The number of piperidine rings is 1. The van der Waals surface area contributed by atoms with Crippen molar-refractivity contribution in [1.29, 1.82) is 0 Å². The van der Waals surface area contributed by atoms with Crippen molar-refractivity contribution in [3.63, 3.8) is 0 Å². The Kier molecular flexibility index (Phi) is 6.38. The fourth-order valence-corrected chi connectivity index (χ4v) is 4.03. The largest absolute Gasteiger partial charge is 0.396 e. The number of hydrogen-bond donors (Lipinski definition) is 2. The fourth-order valence-electron chi connectivity index (χ4n) is 4.03. The molecule has 1 aromatic carbocycles. The molecule has 2 heterocycles. The van der Waals surface area contributed by atoms with Gasteiger partial charge in [-0.15, -0.1) is 0 Å². The first kappa shape index (κ1) is 17.6. The molecule has 1 atom stereocenters. The molecule has 2 fully saturated rings. The molecule has 0 bridgehead atoms. The van der Waals surface area contributed by atoms with E-state index in [0.29, 0.717) is 18.6 Å². The van der Waals surface area contributed by atoms with Gasteiger partial charge >= 0.3 is 0 Å². The monoisotopic (exact) mass is 332 g/mol. The predicted octanol–water partition coefficient (Wildman–Crippen LogP) is 3.51. The molecule has 2 saturated heterocycles. The lowest BCUT2D eigenvalue weighted by atomic mass is 9.93. The lowest BCUT2D eigenvalue weighted by Crippen LogP contribution is -2.35. The third-order valence-electron chi connectivity index (χ3n) is 5.55. The number of nitrogens with zero attached hydrogens (tertiary/aromatic N) is 1. The van der Waals surface area contributed by atoms with Crippen LogP contribution >= 0.6 is 0 Å².